The smallest absolute Gasteiger partial charge is 0.0457 e. The normalized spacial score (nSPS) is 10.6. The maximum absolute atomic E-state index is 3.79. The van der Waals surface area contributed by atoms with Gasteiger partial charge in [0.2, 0.25) is 0 Å². The van der Waals surface area contributed by atoms with Gasteiger partial charge in [0.05, 0.1) is 0 Å². The zero-order chi connectivity index (χ0) is 9.84. The first-order chi connectivity index (χ1) is 6.24. The number of hydrogen-bond donors (Lipinski definition) is 1. The van der Waals surface area contributed by atoms with Crippen molar-refractivity contribution >= 4 is 18.2 Å². The molecule has 1 heterocycles. The molecule has 13 heavy (non-hydrogen) atoms. The number of aromatic amines is 1. The van der Waals surface area contributed by atoms with Gasteiger partial charge in [0, 0.05) is 17.0 Å². The summed E-state index contributed by atoms with van der Waals surface area (Å²) < 4.78 is 0. The van der Waals surface area contributed by atoms with E-state index in [-0.39, 0.29) is 0 Å². The molecule has 0 atom stereocenters. The van der Waals surface area contributed by atoms with Crippen LogP contribution in [-0.2, 0) is 0 Å². The Balaban J connectivity index is 3.34. The third-order valence-corrected chi connectivity index (χ3v) is 2.11. The number of nitrogens with one attached hydrogen (secondary N) is 1. The molecule has 0 saturated carbocycles. The summed E-state index contributed by atoms with van der Waals surface area (Å²) in [5, 5.41) is 0. The highest BCUT2D eigenvalue weighted by atomic mass is 14.7. The van der Waals surface area contributed by atoms with Gasteiger partial charge in [-0.25, -0.2) is 0 Å². The van der Waals surface area contributed by atoms with Gasteiger partial charge in [0.25, 0.3) is 0 Å². The third kappa shape index (κ3) is 1.64. The lowest BCUT2D eigenvalue weighted by Crippen LogP contribution is -1.75. The lowest BCUT2D eigenvalue weighted by molar-refractivity contribution is 1.32. The van der Waals surface area contributed by atoms with E-state index in [0.29, 0.717) is 0 Å². The van der Waals surface area contributed by atoms with Crippen LogP contribution in [0.5, 0.6) is 0 Å². The van der Waals surface area contributed by atoms with Crippen molar-refractivity contribution in [3.63, 3.8) is 0 Å². The van der Waals surface area contributed by atoms with Crippen molar-refractivity contribution in [1.82, 2.24) is 4.98 Å². The maximum atomic E-state index is 3.79. The standard InChI is InChI=1S/C12H15N/c1-5-8-12-10(6-2)9(4)11(7-3)13-12/h5-8,13H,2-3H2,1,4H3/b8-5-. The van der Waals surface area contributed by atoms with E-state index in [9.17, 15) is 0 Å². The Kier molecular flexibility index (Phi) is 2.91. The highest BCUT2D eigenvalue weighted by Crippen LogP contribution is 2.21. The minimum Gasteiger partial charge on any atom is -0.355 e. The molecule has 1 nitrogen and oxygen atoms in total. The summed E-state index contributed by atoms with van der Waals surface area (Å²) >= 11 is 0. The van der Waals surface area contributed by atoms with E-state index in [2.05, 4.69) is 25.1 Å². The third-order valence-electron chi connectivity index (χ3n) is 2.11. The summed E-state index contributed by atoms with van der Waals surface area (Å²) in [4.78, 5) is 3.28. The fraction of sp³-hybridized carbons (Fsp3) is 0.167. The molecule has 1 aromatic rings. The fourth-order valence-corrected chi connectivity index (χ4v) is 1.42. The molecule has 0 aliphatic heterocycles. The van der Waals surface area contributed by atoms with Gasteiger partial charge in [0.1, 0.15) is 0 Å². The molecule has 0 aromatic carbocycles. The van der Waals surface area contributed by atoms with Crippen LogP contribution < -0.4 is 0 Å². The molecular weight excluding hydrogens is 158 g/mol. The summed E-state index contributed by atoms with van der Waals surface area (Å²) in [6.45, 7) is 11.6. The SMILES string of the molecule is C=Cc1[nH]c(/C=C\C)c(C=C)c1C. The van der Waals surface area contributed by atoms with Crippen molar-refractivity contribution in [2.45, 2.75) is 13.8 Å². The van der Waals surface area contributed by atoms with Gasteiger partial charge in [-0.05, 0) is 31.6 Å². The second kappa shape index (κ2) is 3.94. The molecule has 0 fully saturated rings. The van der Waals surface area contributed by atoms with Crippen molar-refractivity contribution in [3.05, 3.63) is 41.7 Å². The van der Waals surface area contributed by atoms with Gasteiger partial charge >= 0.3 is 0 Å². The van der Waals surface area contributed by atoms with Crippen molar-refractivity contribution in [2.24, 2.45) is 0 Å². The summed E-state index contributed by atoms with van der Waals surface area (Å²) in [6, 6.07) is 0. The summed E-state index contributed by atoms with van der Waals surface area (Å²) in [5.41, 5.74) is 4.54. The Morgan fingerprint density at radius 2 is 1.85 bits per heavy atom. The second-order valence-electron chi connectivity index (χ2n) is 2.90. The van der Waals surface area contributed by atoms with Gasteiger partial charge in [-0.3, -0.25) is 0 Å². The lowest BCUT2D eigenvalue weighted by Gasteiger charge is -1.92. The van der Waals surface area contributed by atoms with Gasteiger partial charge in [0.15, 0.2) is 0 Å². The van der Waals surface area contributed by atoms with Gasteiger partial charge in [-0.1, -0.05) is 25.3 Å². The Hall–Kier alpha value is -1.50. The predicted molar refractivity (Wildman–Crippen MR) is 60.4 cm³/mol. The topological polar surface area (TPSA) is 15.8 Å². The average Bonchev–Trinajstić information content (AvgIpc) is 2.43. The quantitative estimate of drug-likeness (QED) is 0.718. The molecule has 0 saturated heterocycles. The molecule has 1 rings (SSSR count). The molecule has 0 radical (unpaired) electrons. The van der Waals surface area contributed by atoms with Crippen LogP contribution in [0.2, 0.25) is 0 Å². The second-order valence-corrected chi connectivity index (χ2v) is 2.90. The van der Waals surface area contributed by atoms with E-state index in [1.54, 1.807) is 0 Å². The lowest BCUT2D eigenvalue weighted by atomic mass is 10.1. The van der Waals surface area contributed by atoms with Crippen molar-refractivity contribution in [3.8, 4) is 0 Å². The van der Waals surface area contributed by atoms with E-state index < -0.39 is 0 Å². The highest BCUT2D eigenvalue weighted by Gasteiger charge is 2.06. The van der Waals surface area contributed by atoms with E-state index in [1.165, 1.54) is 5.56 Å². The minimum absolute atomic E-state index is 1.07. The number of allylic oxidation sites excluding steroid dienone is 1. The van der Waals surface area contributed by atoms with Crippen LogP contribution in [0.25, 0.3) is 18.2 Å². The molecule has 0 spiro atoms. The van der Waals surface area contributed by atoms with Gasteiger partial charge < -0.3 is 4.98 Å². The average molecular weight is 173 g/mol. The summed E-state index contributed by atoms with van der Waals surface area (Å²) in [5.74, 6) is 0. The molecule has 1 heteroatoms. The van der Waals surface area contributed by atoms with E-state index >= 15 is 0 Å². The monoisotopic (exact) mass is 173 g/mol. The van der Waals surface area contributed by atoms with Crippen LogP contribution >= 0.6 is 0 Å². The largest absolute Gasteiger partial charge is 0.355 e. The summed E-state index contributed by atoms with van der Waals surface area (Å²) in [7, 11) is 0. The fourth-order valence-electron chi connectivity index (χ4n) is 1.42. The number of aromatic nitrogens is 1. The zero-order valence-corrected chi connectivity index (χ0v) is 8.22. The van der Waals surface area contributed by atoms with Crippen LogP contribution in [0, 0.1) is 6.92 Å². The van der Waals surface area contributed by atoms with Gasteiger partial charge in [-0.2, -0.15) is 0 Å². The molecular formula is C12H15N. The zero-order valence-electron chi connectivity index (χ0n) is 8.22. The van der Waals surface area contributed by atoms with Crippen LogP contribution in [0.4, 0.5) is 0 Å². The van der Waals surface area contributed by atoms with Crippen LogP contribution in [0.3, 0.4) is 0 Å². The van der Waals surface area contributed by atoms with E-state index in [1.807, 2.05) is 31.2 Å². The van der Waals surface area contributed by atoms with Gasteiger partial charge in [-0.15, -0.1) is 0 Å². The first-order valence-corrected chi connectivity index (χ1v) is 4.34. The molecule has 0 amide bonds. The van der Waals surface area contributed by atoms with Crippen LogP contribution in [0.1, 0.15) is 29.4 Å². The first-order valence-electron chi connectivity index (χ1n) is 4.34. The van der Waals surface area contributed by atoms with E-state index in [4.69, 9.17) is 0 Å². The van der Waals surface area contributed by atoms with E-state index in [0.717, 1.165) is 17.0 Å². The van der Waals surface area contributed by atoms with Crippen molar-refractivity contribution in [2.75, 3.05) is 0 Å². The Morgan fingerprint density at radius 1 is 1.15 bits per heavy atom. The molecule has 1 N–H and O–H groups in total. The Bertz CT molecular complexity index is 353. The molecule has 0 aliphatic rings. The Morgan fingerprint density at radius 3 is 2.31 bits per heavy atom. The Labute approximate surface area is 79.5 Å². The predicted octanol–water partition coefficient (Wildman–Crippen LogP) is 3.64. The number of H-pyrrole nitrogens is 1. The van der Waals surface area contributed by atoms with Crippen LogP contribution in [-0.4, -0.2) is 4.98 Å². The molecule has 0 unspecified atom stereocenters. The van der Waals surface area contributed by atoms with Crippen molar-refractivity contribution < 1.29 is 0 Å². The number of rotatable bonds is 3. The number of hydrogen-bond acceptors (Lipinski definition) is 0. The maximum Gasteiger partial charge on any atom is 0.0457 e. The van der Waals surface area contributed by atoms with Crippen LogP contribution in [0.15, 0.2) is 19.2 Å². The minimum atomic E-state index is 1.07. The van der Waals surface area contributed by atoms with Crippen molar-refractivity contribution in [1.29, 1.82) is 0 Å². The molecule has 0 bridgehead atoms. The first kappa shape index (κ1) is 9.59. The highest BCUT2D eigenvalue weighted by molar-refractivity contribution is 5.69. The molecule has 1 aromatic heterocycles. The molecule has 0 aliphatic carbocycles. The summed E-state index contributed by atoms with van der Waals surface area (Å²) in [6.07, 6.45) is 7.74. The molecule has 68 valence electrons.